The van der Waals surface area contributed by atoms with Crippen LogP contribution < -0.4 is 5.56 Å². The molecular weight excluding hydrogens is 338 g/mol. The van der Waals surface area contributed by atoms with Crippen molar-refractivity contribution in [2.45, 2.75) is 12.5 Å². The van der Waals surface area contributed by atoms with E-state index in [0.29, 0.717) is 10.9 Å². The van der Waals surface area contributed by atoms with Crippen LogP contribution in [0.4, 0.5) is 0 Å². The van der Waals surface area contributed by atoms with Crippen molar-refractivity contribution in [1.29, 1.82) is 0 Å². The first-order valence-corrected chi connectivity index (χ1v) is 9.20. The van der Waals surface area contributed by atoms with Crippen LogP contribution in [-0.2, 0) is 0 Å². The van der Waals surface area contributed by atoms with Gasteiger partial charge in [-0.05, 0) is 66.9 Å². The number of H-pyrrole nitrogens is 1. The lowest BCUT2D eigenvalue weighted by atomic mass is 10.0. The predicted octanol–water partition coefficient (Wildman–Crippen LogP) is 2.97. The Morgan fingerprint density at radius 3 is 2.56 bits per heavy atom. The maximum Gasteiger partial charge on any atom is 0.255 e. The van der Waals surface area contributed by atoms with E-state index in [1.165, 1.54) is 0 Å². The fraction of sp³-hybridized carbons (Fsp3) is 0.273. The summed E-state index contributed by atoms with van der Waals surface area (Å²) in [5.74, 6) is 0.0619. The molecule has 1 saturated heterocycles. The number of benzene rings is 2. The van der Waals surface area contributed by atoms with Crippen LogP contribution in [0.5, 0.6) is 0 Å². The topological polar surface area (TPSA) is 56.4 Å². The third kappa shape index (κ3) is 3.38. The maximum absolute atomic E-state index is 12.8. The lowest BCUT2D eigenvalue weighted by Gasteiger charge is -2.24. The third-order valence-electron chi connectivity index (χ3n) is 5.47. The fourth-order valence-corrected chi connectivity index (χ4v) is 3.77. The zero-order valence-electron chi connectivity index (χ0n) is 15.6. The van der Waals surface area contributed by atoms with Crippen molar-refractivity contribution in [1.82, 2.24) is 14.8 Å². The average molecular weight is 361 g/mol. The molecule has 1 amide bonds. The highest BCUT2D eigenvalue weighted by molar-refractivity contribution is 5.95. The van der Waals surface area contributed by atoms with Crippen molar-refractivity contribution in [2.24, 2.45) is 0 Å². The number of carbonyl (C=O) groups is 1. The normalized spacial score (nSPS) is 17.3. The summed E-state index contributed by atoms with van der Waals surface area (Å²) in [6, 6.07) is 15.7. The number of carbonyl (C=O) groups excluding carboxylic acids is 1. The molecule has 138 valence electrons. The standard InChI is InChI=1S/C22H23N3O2/c1-24-12-10-19(14-24)25(2)22(27)16-5-3-15(4-6-16)17-7-8-20-18(13-17)9-11-23-21(20)26/h3-9,11,13,19H,10,12,14H2,1-2H3,(H,23,26). The monoisotopic (exact) mass is 361 g/mol. The molecule has 1 aromatic heterocycles. The molecule has 0 bridgehead atoms. The van der Waals surface area contributed by atoms with E-state index in [0.717, 1.165) is 36.0 Å². The summed E-state index contributed by atoms with van der Waals surface area (Å²) in [6.07, 6.45) is 2.68. The Hall–Kier alpha value is -2.92. The molecule has 1 N–H and O–H groups in total. The Balaban J connectivity index is 1.57. The van der Waals surface area contributed by atoms with Crippen molar-refractivity contribution < 1.29 is 4.79 Å². The largest absolute Gasteiger partial charge is 0.337 e. The van der Waals surface area contributed by atoms with E-state index in [1.54, 1.807) is 6.20 Å². The lowest BCUT2D eigenvalue weighted by molar-refractivity contribution is 0.0737. The van der Waals surface area contributed by atoms with E-state index in [2.05, 4.69) is 16.9 Å². The zero-order valence-corrected chi connectivity index (χ0v) is 15.6. The van der Waals surface area contributed by atoms with Crippen LogP contribution in [0, 0.1) is 0 Å². The molecule has 1 aliphatic rings. The van der Waals surface area contributed by atoms with Crippen molar-refractivity contribution in [3.8, 4) is 11.1 Å². The van der Waals surface area contributed by atoms with Gasteiger partial charge in [-0.1, -0.05) is 18.2 Å². The highest BCUT2D eigenvalue weighted by Crippen LogP contribution is 2.24. The van der Waals surface area contributed by atoms with Gasteiger partial charge in [-0.2, -0.15) is 0 Å². The molecule has 27 heavy (non-hydrogen) atoms. The molecule has 3 aromatic rings. The van der Waals surface area contributed by atoms with Gasteiger partial charge in [0.05, 0.1) is 0 Å². The second-order valence-corrected chi connectivity index (χ2v) is 7.31. The molecule has 1 aliphatic heterocycles. The fourth-order valence-electron chi connectivity index (χ4n) is 3.77. The Morgan fingerprint density at radius 2 is 1.85 bits per heavy atom. The minimum atomic E-state index is -0.0828. The second-order valence-electron chi connectivity index (χ2n) is 7.31. The summed E-state index contributed by atoms with van der Waals surface area (Å²) < 4.78 is 0. The van der Waals surface area contributed by atoms with Crippen LogP contribution in [0.2, 0.25) is 0 Å². The number of nitrogens with one attached hydrogen (secondary N) is 1. The van der Waals surface area contributed by atoms with E-state index in [4.69, 9.17) is 0 Å². The first-order chi connectivity index (χ1) is 13.0. The number of aromatic nitrogens is 1. The number of nitrogens with zero attached hydrogens (tertiary/aromatic N) is 2. The summed E-state index contributed by atoms with van der Waals surface area (Å²) in [5, 5.41) is 1.58. The summed E-state index contributed by atoms with van der Waals surface area (Å²) in [7, 11) is 3.98. The number of fused-ring (bicyclic) bond motifs is 1. The minimum absolute atomic E-state index is 0.0619. The molecule has 0 spiro atoms. The van der Waals surface area contributed by atoms with Crippen LogP contribution in [0.15, 0.2) is 59.5 Å². The SMILES string of the molecule is CN1CCC(N(C)C(=O)c2ccc(-c3ccc4c(=O)[nH]ccc4c3)cc2)C1. The summed E-state index contributed by atoms with van der Waals surface area (Å²) in [6.45, 7) is 1.96. The molecule has 2 aromatic carbocycles. The van der Waals surface area contributed by atoms with Gasteiger partial charge in [0.1, 0.15) is 0 Å². The van der Waals surface area contributed by atoms with Crippen molar-refractivity contribution >= 4 is 16.7 Å². The van der Waals surface area contributed by atoms with Crippen LogP contribution >= 0.6 is 0 Å². The lowest BCUT2D eigenvalue weighted by Crippen LogP contribution is -2.38. The zero-order chi connectivity index (χ0) is 19.0. The number of pyridine rings is 1. The Bertz CT molecular complexity index is 1040. The van der Waals surface area contributed by atoms with Gasteiger partial charge in [-0.25, -0.2) is 0 Å². The van der Waals surface area contributed by atoms with Crippen molar-refractivity contribution in [2.75, 3.05) is 27.2 Å². The van der Waals surface area contributed by atoms with Crippen LogP contribution in [0.1, 0.15) is 16.8 Å². The highest BCUT2D eigenvalue weighted by Gasteiger charge is 2.26. The first-order valence-electron chi connectivity index (χ1n) is 9.20. The van der Waals surface area contributed by atoms with Gasteiger partial charge in [0.15, 0.2) is 0 Å². The molecule has 0 radical (unpaired) electrons. The molecular formula is C22H23N3O2. The maximum atomic E-state index is 12.8. The van der Waals surface area contributed by atoms with Gasteiger partial charge in [0, 0.05) is 36.8 Å². The van der Waals surface area contributed by atoms with Gasteiger partial charge in [-0.15, -0.1) is 0 Å². The molecule has 0 saturated carbocycles. The number of likely N-dealkylation sites (N-methyl/N-ethyl adjacent to an activating group) is 2. The highest BCUT2D eigenvalue weighted by atomic mass is 16.2. The van der Waals surface area contributed by atoms with Crippen LogP contribution in [0.3, 0.4) is 0 Å². The van der Waals surface area contributed by atoms with Crippen LogP contribution in [-0.4, -0.2) is 53.9 Å². The van der Waals surface area contributed by atoms with Gasteiger partial charge in [0.25, 0.3) is 11.5 Å². The summed E-state index contributed by atoms with van der Waals surface area (Å²) in [4.78, 5) is 31.4. The van der Waals surface area contributed by atoms with Crippen molar-refractivity contribution in [3.63, 3.8) is 0 Å². The number of hydrogen-bond acceptors (Lipinski definition) is 3. The molecule has 1 unspecified atom stereocenters. The molecule has 4 rings (SSSR count). The average Bonchev–Trinajstić information content (AvgIpc) is 3.13. The Labute approximate surface area is 158 Å². The predicted molar refractivity (Wildman–Crippen MR) is 108 cm³/mol. The number of rotatable bonds is 3. The van der Waals surface area contributed by atoms with E-state index in [1.807, 2.05) is 60.5 Å². The number of likely N-dealkylation sites (tertiary alicyclic amines) is 1. The van der Waals surface area contributed by atoms with Gasteiger partial charge in [-0.3, -0.25) is 9.59 Å². The van der Waals surface area contributed by atoms with Crippen molar-refractivity contribution in [3.05, 3.63) is 70.6 Å². The van der Waals surface area contributed by atoms with E-state index >= 15 is 0 Å². The Kier molecular flexibility index (Phi) is 4.54. The van der Waals surface area contributed by atoms with Gasteiger partial charge in [0.2, 0.25) is 0 Å². The number of aromatic amines is 1. The molecule has 1 fully saturated rings. The molecule has 5 nitrogen and oxygen atoms in total. The van der Waals surface area contributed by atoms with E-state index < -0.39 is 0 Å². The summed E-state index contributed by atoms with van der Waals surface area (Å²) >= 11 is 0. The molecule has 2 heterocycles. The van der Waals surface area contributed by atoms with Gasteiger partial charge >= 0.3 is 0 Å². The number of hydrogen-bond donors (Lipinski definition) is 1. The van der Waals surface area contributed by atoms with E-state index in [9.17, 15) is 9.59 Å². The minimum Gasteiger partial charge on any atom is -0.337 e. The molecule has 1 atom stereocenters. The summed E-state index contributed by atoms with van der Waals surface area (Å²) in [5.41, 5.74) is 2.67. The van der Waals surface area contributed by atoms with Gasteiger partial charge < -0.3 is 14.8 Å². The molecule has 0 aliphatic carbocycles. The van der Waals surface area contributed by atoms with Crippen LogP contribution in [0.25, 0.3) is 21.9 Å². The first kappa shape index (κ1) is 17.5. The van der Waals surface area contributed by atoms with E-state index in [-0.39, 0.29) is 17.5 Å². The molecule has 5 heteroatoms. The smallest absolute Gasteiger partial charge is 0.255 e. The third-order valence-corrected chi connectivity index (χ3v) is 5.47. The number of amides is 1. The quantitative estimate of drug-likeness (QED) is 0.780. The second kappa shape index (κ2) is 7.00. The Morgan fingerprint density at radius 1 is 1.11 bits per heavy atom.